The van der Waals surface area contributed by atoms with Crippen LogP contribution in [0, 0.1) is 13.8 Å². The third-order valence-corrected chi connectivity index (χ3v) is 4.61. The van der Waals surface area contributed by atoms with Crippen molar-refractivity contribution in [3.63, 3.8) is 0 Å². The number of nitrogens with zero attached hydrogens (tertiary/aromatic N) is 2. The highest BCUT2D eigenvalue weighted by atomic mass is 16.5. The van der Waals surface area contributed by atoms with Crippen LogP contribution in [0.5, 0.6) is 11.5 Å². The minimum Gasteiger partial charge on any atom is -0.493 e. The van der Waals surface area contributed by atoms with E-state index in [0.29, 0.717) is 37.0 Å². The SMILES string of the molecule is CCN(CC)C(=O)COC(=O)/C=C/c1ccc(OCc2c(C)noc2C)c(OC)c1. The molecular formula is C22H28N2O6. The molecule has 0 atom stereocenters. The van der Waals surface area contributed by atoms with E-state index in [9.17, 15) is 9.59 Å². The molecule has 8 nitrogen and oxygen atoms in total. The molecule has 162 valence electrons. The van der Waals surface area contributed by atoms with Crippen LogP contribution in [-0.2, 0) is 20.9 Å². The lowest BCUT2D eigenvalue weighted by atomic mass is 10.2. The number of carbonyl (C=O) groups is 2. The van der Waals surface area contributed by atoms with Crippen LogP contribution in [0.2, 0.25) is 0 Å². The standard InChI is InChI=1S/C22H28N2O6/c1-6-24(7-2)21(25)14-29-22(26)11-9-17-8-10-19(20(12-17)27-5)28-13-18-15(3)23-30-16(18)4/h8-12H,6-7,13-14H2,1-5H3/b11-9+. The first-order valence-corrected chi connectivity index (χ1v) is 9.74. The molecule has 1 aromatic carbocycles. The monoisotopic (exact) mass is 416 g/mol. The largest absolute Gasteiger partial charge is 0.493 e. The normalized spacial score (nSPS) is 10.8. The molecule has 0 aliphatic heterocycles. The van der Waals surface area contributed by atoms with Gasteiger partial charge in [-0.2, -0.15) is 0 Å². The van der Waals surface area contributed by atoms with E-state index in [4.69, 9.17) is 18.7 Å². The fraction of sp³-hybridized carbons (Fsp3) is 0.409. The number of likely N-dealkylation sites (N-methyl/N-ethyl adjacent to an activating group) is 1. The van der Waals surface area contributed by atoms with E-state index < -0.39 is 5.97 Å². The molecule has 1 aromatic heterocycles. The van der Waals surface area contributed by atoms with Crippen LogP contribution >= 0.6 is 0 Å². The molecule has 0 aliphatic rings. The van der Waals surface area contributed by atoms with Gasteiger partial charge in [-0.05, 0) is 51.5 Å². The van der Waals surface area contributed by atoms with Crippen molar-refractivity contribution in [3.05, 3.63) is 46.9 Å². The fourth-order valence-corrected chi connectivity index (χ4v) is 2.78. The zero-order chi connectivity index (χ0) is 22.1. The summed E-state index contributed by atoms with van der Waals surface area (Å²) < 4.78 is 21.4. The third kappa shape index (κ3) is 6.10. The maximum atomic E-state index is 11.9. The Labute approximate surface area is 176 Å². The van der Waals surface area contributed by atoms with Gasteiger partial charge in [0.1, 0.15) is 12.4 Å². The molecular weight excluding hydrogens is 388 g/mol. The highest BCUT2D eigenvalue weighted by Gasteiger charge is 2.13. The van der Waals surface area contributed by atoms with Gasteiger partial charge in [-0.3, -0.25) is 4.79 Å². The van der Waals surface area contributed by atoms with Gasteiger partial charge in [0.15, 0.2) is 18.1 Å². The van der Waals surface area contributed by atoms with Gasteiger partial charge in [-0.1, -0.05) is 11.2 Å². The molecule has 0 fully saturated rings. The first kappa shape index (κ1) is 23.0. The minimum atomic E-state index is -0.590. The van der Waals surface area contributed by atoms with Crippen LogP contribution in [0.1, 0.15) is 36.4 Å². The molecule has 2 rings (SSSR count). The molecule has 0 aliphatic carbocycles. The van der Waals surface area contributed by atoms with Crippen molar-refractivity contribution in [1.29, 1.82) is 0 Å². The highest BCUT2D eigenvalue weighted by Crippen LogP contribution is 2.30. The molecule has 0 unspecified atom stereocenters. The van der Waals surface area contributed by atoms with E-state index in [1.165, 1.54) is 6.08 Å². The van der Waals surface area contributed by atoms with E-state index in [1.54, 1.807) is 36.3 Å². The van der Waals surface area contributed by atoms with Crippen LogP contribution < -0.4 is 9.47 Å². The number of aromatic nitrogens is 1. The van der Waals surface area contributed by atoms with Gasteiger partial charge in [0.2, 0.25) is 0 Å². The van der Waals surface area contributed by atoms with Crippen molar-refractivity contribution >= 4 is 18.0 Å². The summed E-state index contributed by atoms with van der Waals surface area (Å²) in [6.07, 6.45) is 2.86. The Hall–Kier alpha value is -3.29. The lowest BCUT2D eigenvalue weighted by molar-refractivity contribution is -0.147. The summed E-state index contributed by atoms with van der Waals surface area (Å²) in [5.41, 5.74) is 2.40. The number of carbonyl (C=O) groups excluding carboxylic acids is 2. The molecule has 0 bridgehead atoms. The molecule has 1 amide bonds. The Morgan fingerprint density at radius 3 is 2.50 bits per heavy atom. The maximum Gasteiger partial charge on any atom is 0.331 e. The van der Waals surface area contributed by atoms with E-state index in [1.807, 2.05) is 27.7 Å². The number of aryl methyl sites for hydroxylation is 2. The second kappa shape index (κ2) is 11.0. The van der Waals surface area contributed by atoms with E-state index in [2.05, 4.69) is 5.16 Å². The number of benzene rings is 1. The van der Waals surface area contributed by atoms with E-state index in [0.717, 1.165) is 16.8 Å². The van der Waals surface area contributed by atoms with Crippen LogP contribution in [0.3, 0.4) is 0 Å². The second-order valence-electron chi connectivity index (χ2n) is 6.51. The van der Waals surface area contributed by atoms with Crippen molar-refractivity contribution in [2.75, 3.05) is 26.8 Å². The molecule has 0 radical (unpaired) electrons. The van der Waals surface area contributed by atoms with Gasteiger partial charge < -0.3 is 23.6 Å². The predicted molar refractivity (Wildman–Crippen MR) is 111 cm³/mol. The Morgan fingerprint density at radius 2 is 1.90 bits per heavy atom. The van der Waals surface area contributed by atoms with Gasteiger partial charge >= 0.3 is 5.97 Å². The Bertz CT molecular complexity index is 880. The number of rotatable bonds is 10. The number of amides is 1. The third-order valence-electron chi connectivity index (χ3n) is 4.61. The highest BCUT2D eigenvalue weighted by molar-refractivity contribution is 5.89. The summed E-state index contributed by atoms with van der Waals surface area (Å²) in [5, 5.41) is 3.91. The lowest BCUT2D eigenvalue weighted by Crippen LogP contribution is -2.34. The van der Waals surface area contributed by atoms with Gasteiger partial charge in [0, 0.05) is 19.2 Å². The van der Waals surface area contributed by atoms with Crippen LogP contribution in [0.15, 0.2) is 28.8 Å². The van der Waals surface area contributed by atoms with Gasteiger partial charge in [0.05, 0.1) is 18.4 Å². The van der Waals surface area contributed by atoms with Crippen molar-refractivity contribution in [1.82, 2.24) is 10.1 Å². The minimum absolute atomic E-state index is 0.219. The zero-order valence-corrected chi connectivity index (χ0v) is 18.1. The van der Waals surface area contributed by atoms with Gasteiger partial charge in [-0.25, -0.2) is 4.79 Å². The van der Waals surface area contributed by atoms with Crippen molar-refractivity contribution in [2.45, 2.75) is 34.3 Å². The van der Waals surface area contributed by atoms with Crippen molar-refractivity contribution < 1.29 is 28.3 Å². The molecule has 0 spiro atoms. The number of ether oxygens (including phenoxy) is 3. The Balaban J connectivity index is 1.96. The summed E-state index contributed by atoms with van der Waals surface area (Å²) in [4.78, 5) is 25.4. The molecule has 0 N–H and O–H groups in total. The summed E-state index contributed by atoms with van der Waals surface area (Å²) in [6, 6.07) is 5.29. The first-order valence-electron chi connectivity index (χ1n) is 9.74. The number of hydrogen-bond acceptors (Lipinski definition) is 7. The van der Waals surface area contributed by atoms with E-state index in [-0.39, 0.29) is 12.5 Å². The summed E-state index contributed by atoms with van der Waals surface area (Å²) in [6.45, 7) is 8.62. The lowest BCUT2D eigenvalue weighted by Gasteiger charge is -2.17. The Morgan fingerprint density at radius 1 is 1.17 bits per heavy atom. The first-order chi connectivity index (χ1) is 14.4. The molecule has 8 heteroatoms. The summed E-state index contributed by atoms with van der Waals surface area (Å²) >= 11 is 0. The average Bonchev–Trinajstić information content (AvgIpc) is 3.07. The second-order valence-corrected chi connectivity index (χ2v) is 6.51. The van der Waals surface area contributed by atoms with Gasteiger partial charge in [-0.15, -0.1) is 0 Å². The van der Waals surface area contributed by atoms with Gasteiger partial charge in [0.25, 0.3) is 5.91 Å². The average molecular weight is 416 g/mol. The van der Waals surface area contributed by atoms with Crippen LogP contribution in [0.25, 0.3) is 6.08 Å². The topological polar surface area (TPSA) is 91.1 Å². The summed E-state index contributed by atoms with van der Waals surface area (Å²) in [5.74, 6) is 0.983. The fourth-order valence-electron chi connectivity index (χ4n) is 2.78. The molecule has 0 saturated heterocycles. The zero-order valence-electron chi connectivity index (χ0n) is 18.1. The maximum absolute atomic E-state index is 11.9. The number of esters is 1. The van der Waals surface area contributed by atoms with Crippen molar-refractivity contribution in [2.24, 2.45) is 0 Å². The number of hydrogen-bond donors (Lipinski definition) is 0. The molecule has 2 aromatic rings. The molecule has 30 heavy (non-hydrogen) atoms. The van der Waals surface area contributed by atoms with Crippen molar-refractivity contribution in [3.8, 4) is 11.5 Å². The predicted octanol–water partition coefficient (Wildman–Crippen LogP) is 3.30. The molecule has 0 saturated carbocycles. The quantitative estimate of drug-likeness (QED) is 0.433. The molecule has 1 heterocycles. The summed E-state index contributed by atoms with van der Waals surface area (Å²) in [7, 11) is 1.54. The number of methoxy groups -OCH3 is 1. The van der Waals surface area contributed by atoms with Crippen LogP contribution in [-0.4, -0.2) is 48.7 Å². The smallest absolute Gasteiger partial charge is 0.331 e. The van der Waals surface area contributed by atoms with Crippen LogP contribution in [0.4, 0.5) is 0 Å². The Kier molecular flexibility index (Phi) is 8.46. The van der Waals surface area contributed by atoms with E-state index >= 15 is 0 Å².